The Morgan fingerprint density at radius 2 is 1.81 bits per heavy atom. The summed E-state index contributed by atoms with van der Waals surface area (Å²) in [4.78, 5) is 24.4. The highest BCUT2D eigenvalue weighted by Gasteiger charge is 2.36. The van der Waals surface area contributed by atoms with Crippen LogP contribution in [-0.2, 0) is 9.59 Å². The average Bonchev–Trinajstić information content (AvgIpc) is 2.39. The summed E-state index contributed by atoms with van der Waals surface area (Å²) in [5.41, 5.74) is -0.820. The second kappa shape index (κ2) is 7.14. The first-order chi connectivity index (χ1) is 9.64. The monoisotopic (exact) mass is 330 g/mol. The van der Waals surface area contributed by atoms with E-state index in [1.165, 1.54) is 0 Å². The molecule has 0 aromatic heterocycles. The normalized spacial score (nSPS) is 11.4. The standard InChI is InChI=1S/C15H20Cl2N2O2/c1-9(2)8-18-13(20)15(3,4)14(21)19-12-7-10(16)5-6-11(12)17/h5-7,9H,8H2,1-4H3,(H,18,20)(H,19,21). The SMILES string of the molecule is CC(C)CNC(=O)C(C)(C)C(=O)Nc1cc(Cl)ccc1Cl. The zero-order valence-corrected chi connectivity index (χ0v) is 14.1. The number of hydrogen-bond acceptors (Lipinski definition) is 2. The number of carbonyl (C=O) groups is 2. The smallest absolute Gasteiger partial charge is 0.239 e. The molecule has 0 radical (unpaired) electrons. The van der Waals surface area contributed by atoms with Crippen LogP contribution in [-0.4, -0.2) is 18.4 Å². The van der Waals surface area contributed by atoms with Crippen molar-refractivity contribution >= 4 is 40.7 Å². The van der Waals surface area contributed by atoms with Crippen LogP contribution in [0.1, 0.15) is 27.7 Å². The predicted molar refractivity (Wildman–Crippen MR) is 86.7 cm³/mol. The van der Waals surface area contributed by atoms with Crippen LogP contribution in [0.5, 0.6) is 0 Å². The van der Waals surface area contributed by atoms with Gasteiger partial charge in [0.2, 0.25) is 11.8 Å². The maximum Gasteiger partial charge on any atom is 0.239 e. The molecule has 0 spiro atoms. The van der Waals surface area contributed by atoms with E-state index in [4.69, 9.17) is 23.2 Å². The van der Waals surface area contributed by atoms with Crippen LogP contribution in [0.3, 0.4) is 0 Å². The van der Waals surface area contributed by atoms with Crippen molar-refractivity contribution in [1.82, 2.24) is 5.32 Å². The van der Waals surface area contributed by atoms with Gasteiger partial charge in [0, 0.05) is 11.6 Å². The lowest BCUT2D eigenvalue weighted by molar-refractivity contribution is -0.138. The van der Waals surface area contributed by atoms with Crippen molar-refractivity contribution in [3.63, 3.8) is 0 Å². The van der Waals surface area contributed by atoms with Gasteiger partial charge in [-0.2, -0.15) is 0 Å². The van der Waals surface area contributed by atoms with Crippen LogP contribution in [0.25, 0.3) is 0 Å². The minimum absolute atomic E-state index is 0.315. The van der Waals surface area contributed by atoms with Crippen LogP contribution in [0.4, 0.5) is 5.69 Å². The van der Waals surface area contributed by atoms with Crippen molar-refractivity contribution in [3.05, 3.63) is 28.2 Å². The van der Waals surface area contributed by atoms with Gasteiger partial charge in [-0.05, 0) is 38.0 Å². The van der Waals surface area contributed by atoms with E-state index in [0.29, 0.717) is 28.2 Å². The minimum atomic E-state index is -1.21. The van der Waals surface area contributed by atoms with E-state index >= 15 is 0 Å². The molecule has 1 aromatic carbocycles. The van der Waals surface area contributed by atoms with Gasteiger partial charge in [-0.25, -0.2) is 0 Å². The van der Waals surface area contributed by atoms with Crippen LogP contribution in [0.15, 0.2) is 18.2 Å². The van der Waals surface area contributed by atoms with Gasteiger partial charge < -0.3 is 10.6 Å². The van der Waals surface area contributed by atoms with Gasteiger partial charge in [0.25, 0.3) is 0 Å². The lowest BCUT2D eigenvalue weighted by atomic mass is 9.90. The van der Waals surface area contributed by atoms with Gasteiger partial charge >= 0.3 is 0 Å². The van der Waals surface area contributed by atoms with Crippen molar-refractivity contribution < 1.29 is 9.59 Å². The largest absolute Gasteiger partial charge is 0.355 e. The first-order valence-corrected chi connectivity index (χ1v) is 7.45. The van der Waals surface area contributed by atoms with Crippen molar-refractivity contribution in [2.45, 2.75) is 27.7 Å². The molecule has 2 N–H and O–H groups in total. The van der Waals surface area contributed by atoms with Crippen LogP contribution in [0.2, 0.25) is 10.0 Å². The zero-order chi connectivity index (χ0) is 16.2. The topological polar surface area (TPSA) is 58.2 Å². The Bertz CT molecular complexity index is 542. The molecule has 0 heterocycles. The molecule has 0 fully saturated rings. The minimum Gasteiger partial charge on any atom is -0.355 e. The summed E-state index contributed by atoms with van der Waals surface area (Å²) in [5, 5.41) is 6.22. The second-order valence-electron chi connectivity index (χ2n) is 5.81. The van der Waals surface area contributed by atoms with E-state index in [2.05, 4.69) is 10.6 Å². The number of carbonyl (C=O) groups excluding carboxylic acids is 2. The fourth-order valence-corrected chi connectivity index (χ4v) is 1.83. The quantitative estimate of drug-likeness (QED) is 0.808. The maximum absolute atomic E-state index is 12.3. The molecule has 6 heteroatoms. The number of rotatable bonds is 5. The molecule has 0 aliphatic rings. The highest BCUT2D eigenvalue weighted by Crippen LogP contribution is 2.27. The number of benzene rings is 1. The summed E-state index contributed by atoms with van der Waals surface area (Å²) in [6.45, 7) is 7.62. The first-order valence-electron chi connectivity index (χ1n) is 6.69. The third-order valence-electron chi connectivity index (χ3n) is 2.98. The number of hydrogen-bond donors (Lipinski definition) is 2. The van der Waals surface area contributed by atoms with Gasteiger partial charge in [0.1, 0.15) is 5.41 Å². The van der Waals surface area contributed by atoms with E-state index in [1.54, 1.807) is 32.0 Å². The molecule has 0 aliphatic heterocycles. The average molecular weight is 331 g/mol. The van der Waals surface area contributed by atoms with Crippen LogP contribution in [0, 0.1) is 11.3 Å². The zero-order valence-electron chi connectivity index (χ0n) is 12.6. The molecule has 0 bridgehead atoms. The van der Waals surface area contributed by atoms with Crippen molar-refractivity contribution in [3.8, 4) is 0 Å². The van der Waals surface area contributed by atoms with Gasteiger partial charge in [0.05, 0.1) is 10.7 Å². The molecule has 116 valence electrons. The predicted octanol–water partition coefficient (Wildman–Crippen LogP) is 3.73. The fourth-order valence-electron chi connectivity index (χ4n) is 1.49. The molecule has 4 nitrogen and oxygen atoms in total. The van der Waals surface area contributed by atoms with Crippen LogP contribution < -0.4 is 10.6 Å². The fraction of sp³-hybridized carbons (Fsp3) is 0.467. The summed E-state index contributed by atoms with van der Waals surface area (Å²) in [7, 11) is 0. The summed E-state index contributed by atoms with van der Waals surface area (Å²) in [5.74, 6) is -0.449. The molecule has 1 rings (SSSR count). The molecule has 0 saturated heterocycles. The van der Waals surface area contributed by atoms with E-state index in [9.17, 15) is 9.59 Å². The van der Waals surface area contributed by atoms with E-state index < -0.39 is 11.3 Å². The maximum atomic E-state index is 12.3. The van der Waals surface area contributed by atoms with Gasteiger partial charge in [-0.3, -0.25) is 9.59 Å². The summed E-state index contributed by atoms with van der Waals surface area (Å²) >= 11 is 11.9. The molecule has 0 aliphatic carbocycles. The Labute approximate surface area is 135 Å². The Kier molecular flexibility index (Phi) is 6.05. The molecular weight excluding hydrogens is 311 g/mol. The molecule has 1 aromatic rings. The summed E-state index contributed by atoms with van der Waals surface area (Å²) in [6.07, 6.45) is 0. The summed E-state index contributed by atoms with van der Waals surface area (Å²) < 4.78 is 0. The molecule has 0 unspecified atom stereocenters. The van der Waals surface area contributed by atoms with Gasteiger partial charge in [-0.1, -0.05) is 37.0 Å². The van der Waals surface area contributed by atoms with Gasteiger partial charge in [0.15, 0.2) is 0 Å². The molecule has 0 atom stereocenters. The highest BCUT2D eigenvalue weighted by molar-refractivity contribution is 6.35. The van der Waals surface area contributed by atoms with Gasteiger partial charge in [-0.15, -0.1) is 0 Å². The van der Waals surface area contributed by atoms with E-state index in [0.717, 1.165) is 0 Å². The second-order valence-corrected chi connectivity index (χ2v) is 6.65. The van der Waals surface area contributed by atoms with Crippen LogP contribution >= 0.6 is 23.2 Å². The Morgan fingerprint density at radius 3 is 2.38 bits per heavy atom. The van der Waals surface area contributed by atoms with E-state index in [-0.39, 0.29) is 5.91 Å². The highest BCUT2D eigenvalue weighted by atomic mass is 35.5. The lowest BCUT2D eigenvalue weighted by Gasteiger charge is -2.23. The number of halogens is 2. The lowest BCUT2D eigenvalue weighted by Crippen LogP contribution is -2.46. The Morgan fingerprint density at radius 1 is 1.19 bits per heavy atom. The van der Waals surface area contributed by atoms with Crippen molar-refractivity contribution in [1.29, 1.82) is 0 Å². The molecule has 2 amide bonds. The Balaban J connectivity index is 2.81. The van der Waals surface area contributed by atoms with Crippen molar-refractivity contribution in [2.24, 2.45) is 11.3 Å². The number of amides is 2. The number of nitrogens with one attached hydrogen (secondary N) is 2. The van der Waals surface area contributed by atoms with E-state index in [1.807, 2.05) is 13.8 Å². The summed E-state index contributed by atoms with van der Waals surface area (Å²) in [6, 6.07) is 4.76. The molecule has 21 heavy (non-hydrogen) atoms. The van der Waals surface area contributed by atoms with Crippen molar-refractivity contribution in [2.75, 3.05) is 11.9 Å². The third-order valence-corrected chi connectivity index (χ3v) is 3.55. The molecular formula is C15H20Cl2N2O2. The molecule has 0 saturated carbocycles. The Hall–Kier alpha value is -1.26. The first kappa shape index (κ1) is 17.8. The number of anilines is 1. The third kappa shape index (κ3) is 4.90.